The number of hydrogen-bond donors (Lipinski definition) is 1. The lowest BCUT2D eigenvalue weighted by Gasteiger charge is -2.08. The standard InChI is InChI=1S/C13H19ClINO2S/c1-11-5-7-13(8-6-11)19(17,18)16-9-3-2-4-12(15)10-14/h5-8,12,16H,2-4,9-10H2,1H3. The third-order valence-corrected chi connectivity index (χ3v) is 6.17. The third-order valence-electron chi connectivity index (χ3n) is 2.73. The quantitative estimate of drug-likeness (QED) is 0.401. The molecular weight excluding hydrogens is 397 g/mol. The Hall–Kier alpha value is 0.150. The molecule has 108 valence electrons. The summed E-state index contributed by atoms with van der Waals surface area (Å²) in [6.45, 7) is 2.41. The molecule has 1 aromatic rings. The zero-order valence-corrected chi connectivity index (χ0v) is 14.6. The van der Waals surface area contributed by atoms with Crippen molar-refractivity contribution in [3.05, 3.63) is 29.8 Å². The molecule has 0 bridgehead atoms. The van der Waals surface area contributed by atoms with E-state index in [1.54, 1.807) is 24.3 Å². The number of sulfonamides is 1. The monoisotopic (exact) mass is 415 g/mol. The van der Waals surface area contributed by atoms with Crippen LogP contribution in [0.5, 0.6) is 0 Å². The Morgan fingerprint density at radius 1 is 1.26 bits per heavy atom. The molecule has 1 rings (SSSR count). The maximum absolute atomic E-state index is 12.0. The average molecular weight is 416 g/mol. The van der Waals surface area contributed by atoms with Crippen LogP contribution in [0.4, 0.5) is 0 Å². The van der Waals surface area contributed by atoms with E-state index in [4.69, 9.17) is 11.6 Å². The van der Waals surface area contributed by atoms with Gasteiger partial charge in [-0.1, -0.05) is 46.7 Å². The Morgan fingerprint density at radius 2 is 1.89 bits per heavy atom. The van der Waals surface area contributed by atoms with Crippen molar-refractivity contribution in [2.24, 2.45) is 0 Å². The molecule has 0 radical (unpaired) electrons. The van der Waals surface area contributed by atoms with Crippen LogP contribution in [-0.4, -0.2) is 24.8 Å². The summed E-state index contributed by atoms with van der Waals surface area (Å²) in [5.74, 6) is 0.648. The number of aryl methyl sites for hydroxylation is 1. The Bertz CT molecular complexity index is 476. The van der Waals surface area contributed by atoms with Crippen molar-refractivity contribution in [2.75, 3.05) is 12.4 Å². The minimum Gasteiger partial charge on any atom is -0.211 e. The van der Waals surface area contributed by atoms with Gasteiger partial charge in [0.15, 0.2) is 0 Å². The number of hydrogen-bond acceptors (Lipinski definition) is 2. The summed E-state index contributed by atoms with van der Waals surface area (Å²) in [5, 5.41) is 0. The second-order valence-corrected chi connectivity index (χ2v) is 8.30. The van der Waals surface area contributed by atoms with E-state index in [2.05, 4.69) is 27.3 Å². The van der Waals surface area contributed by atoms with Gasteiger partial charge in [0.05, 0.1) is 4.90 Å². The number of halogens is 2. The maximum atomic E-state index is 12.0. The van der Waals surface area contributed by atoms with Gasteiger partial charge < -0.3 is 0 Å². The minimum atomic E-state index is -3.36. The van der Waals surface area contributed by atoms with Gasteiger partial charge in [0, 0.05) is 16.3 Å². The topological polar surface area (TPSA) is 46.2 Å². The predicted octanol–water partition coefficient (Wildman–Crippen LogP) is 3.49. The van der Waals surface area contributed by atoms with Gasteiger partial charge in [-0.05, 0) is 31.9 Å². The molecule has 6 heteroatoms. The zero-order valence-electron chi connectivity index (χ0n) is 10.9. The number of alkyl halides is 2. The van der Waals surface area contributed by atoms with Gasteiger partial charge in [-0.2, -0.15) is 0 Å². The lowest BCUT2D eigenvalue weighted by atomic mass is 10.2. The lowest BCUT2D eigenvalue weighted by Crippen LogP contribution is -2.24. The van der Waals surface area contributed by atoms with Crippen LogP contribution in [0.3, 0.4) is 0 Å². The smallest absolute Gasteiger partial charge is 0.211 e. The first-order chi connectivity index (χ1) is 8.95. The summed E-state index contributed by atoms with van der Waals surface area (Å²) >= 11 is 8.03. The van der Waals surface area contributed by atoms with E-state index in [0.717, 1.165) is 24.8 Å². The first-order valence-corrected chi connectivity index (χ1v) is 9.48. The van der Waals surface area contributed by atoms with Crippen LogP contribution in [0, 0.1) is 6.92 Å². The van der Waals surface area contributed by atoms with E-state index in [0.29, 0.717) is 21.2 Å². The summed E-state index contributed by atoms with van der Waals surface area (Å²) in [6, 6.07) is 6.86. The van der Waals surface area contributed by atoms with Crippen molar-refractivity contribution in [1.29, 1.82) is 0 Å². The highest BCUT2D eigenvalue weighted by atomic mass is 127. The lowest BCUT2D eigenvalue weighted by molar-refractivity contribution is 0.575. The molecule has 0 saturated carbocycles. The fraction of sp³-hybridized carbons (Fsp3) is 0.538. The van der Waals surface area contributed by atoms with Crippen molar-refractivity contribution in [3.8, 4) is 0 Å². The summed E-state index contributed by atoms with van der Waals surface area (Å²) in [7, 11) is -3.36. The van der Waals surface area contributed by atoms with Gasteiger partial charge >= 0.3 is 0 Å². The van der Waals surface area contributed by atoms with Crippen LogP contribution in [0.25, 0.3) is 0 Å². The molecule has 0 saturated heterocycles. The molecule has 0 spiro atoms. The molecule has 19 heavy (non-hydrogen) atoms. The molecule has 0 amide bonds. The fourth-order valence-electron chi connectivity index (χ4n) is 1.58. The van der Waals surface area contributed by atoms with E-state index >= 15 is 0 Å². The molecule has 3 nitrogen and oxygen atoms in total. The maximum Gasteiger partial charge on any atom is 0.240 e. The number of unbranched alkanes of at least 4 members (excludes halogenated alkanes) is 1. The van der Waals surface area contributed by atoms with Crippen molar-refractivity contribution in [3.63, 3.8) is 0 Å². The van der Waals surface area contributed by atoms with Crippen LogP contribution in [0.15, 0.2) is 29.2 Å². The van der Waals surface area contributed by atoms with Crippen LogP contribution in [0.2, 0.25) is 0 Å². The SMILES string of the molecule is Cc1ccc(S(=O)(=O)NCCCCC(I)CCl)cc1. The predicted molar refractivity (Wildman–Crippen MR) is 88.7 cm³/mol. The molecule has 0 fully saturated rings. The van der Waals surface area contributed by atoms with E-state index in [1.807, 2.05) is 6.92 Å². The second-order valence-electron chi connectivity index (χ2n) is 4.46. The van der Waals surface area contributed by atoms with Crippen LogP contribution >= 0.6 is 34.2 Å². The molecule has 0 aromatic heterocycles. The molecule has 1 N–H and O–H groups in total. The highest BCUT2D eigenvalue weighted by Gasteiger charge is 2.12. The molecule has 0 aliphatic heterocycles. The Labute approximate surface area is 134 Å². The number of nitrogens with one attached hydrogen (secondary N) is 1. The van der Waals surface area contributed by atoms with Gasteiger partial charge in [0.1, 0.15) is 0 Å². The molecule has 1 atom stereocenters. The van der Waals surface area contributed by atoms with Gasteiger partial charge in [0.2, 0.25) is 10.0 Å². The van der Waals surface area contributed by atoms with Gasteiger partial charge in [-0.25, -0.2) is 13.1 Å². The zero-order chi connectivity index (χ0) is 14.3. The average Bonchev–Trinajstić information content (AvgIpc) is 2.38. The molecule has 0 aliphatic carbocycles. The Balaban J connectivity index is 2.37. The van der Waals surface area contributed by atoms with Gasteiger partial charge in [-0.15, -0.1) is 11.6 Å². The van der Waals surface area contributed by atoms with Crippen LogP contribution in [0.1, 0.15) is 24.8 Å². The normalized spacial score (nSPS) is 13.4. The number of benzene rings is 1. The summed E-state index contributed by atoms with van der Waals surface area (Å²) in [4.78, 5) is 0.325. The summed E-state index contributed by atoms with van der Waals surface area (Å²) in [6.07, 6.45) is 2.84. The summed E-state index contributed by atoms with van der Waals surface area (Å²) in [5.41, 5.74) is 1.05. The molecule has 0 heterocycles. The minimum absolute atomic E-state index is 0.325. The van der Waals surface area contributed by atoms with Crippen molar-refractivity contribution in [1.82, 2.24) is 4.72 Å². The van der Waals surface area contributed by atoms with E-state index in [-0.39, 0.29) is 0 Å². The van der Waals surface area contributed by atoms with Crippen molar-refractivity contribution < 1.29 is 8.42 Å². The molecular formula is C13H19ClINO2S. The van der Waals surface area contributed by atoms with Crippen molar-refractivity contribution >= 4 is 44.2 Å². The highest BCUT2D eigenvalue weighted by Crippen LogP contribution is 2.13. The molecule has 1 aromatic carbocycles. The first-order valence-electron chi connectivity index (χ1n) is 6.22. The third kappa shape index (κ3) is 6.42. The molecule has 1 unspecified atom stereocenters. The van der Waals surface area contributed by atoms with Gasteiger partial charge in [0.25, 0.3) is 0 Å². The largest absolute Gasteiger partial charge is 0.240 e. The Morgan fingerprint density at radius 3 is 2.47 bits per heavy atom. The fourth-order valence-corrected chi connectivity index (χ4v) is 3.24. The van der Waals surface area contributed by atoms with E-state index in [1.165, 1.54) is 0 Å². The Kier molecular flexibility index (Phi) is 7.64. The van der Waals surface area contributed by atoms with Crippen LogP contribution < -0.4 is 4.72 Å². The number of rotatable bonds is 8. The summed E-state index contributed by atoms with van der Waals surface area (Å²) < 4.78 is 27.0. The van der Waals surface area contributed by atoms with Crippen LogP contribution in [-0.2, 0) is 10.0 Å². The molecule has 0 aliphatic rings. The van der Waals surface area contributed by atoms with Gasteiger partial charge in [-0.3, -0.25) is 0 Å². The second kappa shape index (κ2) is 8.44. The first kappa shape index (κ1) is 17.2. The van der Waals surface area contributed by atoms with E-state index < -0.39 is 10.0 Å². The van der Waals surface area contributed by atoms with Crippen molar-refractivity contribution in [2.45, 2.75) is 35.0 Å². The highest BCUT2D eigenvalue weighted by molar-refractivity contribution is 14.1. The van der Waals surface area contributed by atoms with E-state index in [9.17, 15) is 8.42 Å².